The number of nitrogens with zero attached hydrogens (tertiary/aromatic N) is 4. The molecule has 1 N–H and O–H groups in total. The smallest absolute Gasteiger partial charge is 0.358 e. The summed E-state index contributed by atoms with van der Waals surface area (Å²) in [5.41, 5.74) is 3.02. The molecule has 0 radical (unpaired) electrons. The van der Waals surface area contributed by atoms with Crippen LogP contribution in [-0.4, -0.2) is 45.2 Å². The summed E-state index contributed by atoms with van der Waals surface area (Å²) in [7, 11) is 1.61. The Morgan fingerprint density at radius 3 is 2.33 bits per heavy atom. The van der Waals surface area contributed by atoms with Crippen molar-refractivity contribution in [3.8, 4) is 17.1 Å². The van der Waals surface area contributed by atoms with Crippen LogP contribution in [0.15, 0.2) is 73.1 Å². The van der Waals surface area contributed by atoms with E-state index in [0.29, 0.717) is 18.8 Å². The number of benzene rings is 2. The molecule has 9 nitrogen and oxygen atoms in total. The van der Waals surface area contributed by atoms with Crippen molar-refractivity contribution in [1.82, 2.24) is 24.9 Å². The number of hydrogen-bond donors (Lipinski definition) is 1. The van der Waals surface area contributed by atoms with Crippen molar-refractivity contribution < 1.29 is 19.1 Å². The van der Waals surface area contributed by atoms with E-state index < -0.39 is 5.97 Å². The minimum atomic E-state index is -0.464. The monoisotopic (exact) mass is 445 g/mol. The van der Waals surface area contributed by atoms with Crippen LogP contribution in [0.3, 0.4) is 0 Å². The fourth-order valence-corrected chi connectivity index (χ4v) is 3.19. The topological polar surface area (TPSA) is 100 Å². The molecule has 2 heterocycles. The summed E-state index contributed by atoms with van der Waals surface area (Å²) >= 11 is 0. The maximum Gasteiger partial charge on any atom is 0.358 e. The molecule has 4 rings (SSSR count). The highest BCUT2D eigenvalue weighted by Gasteiger charge is 2.12. The third-order valence-electron chi connectivity index (χ3n) is 4.86. The Hall–Kier alpha value is -4.40. The zero-order chi connectivity index (χ0) is 23.2. The van der Waals surface area contributed by atoms with E-state index in [2.05, 4.69) is 15.5 Å². The molecule has 0 aliphatic heterocycles. The first-order valence-electron chi connectivity index (χ1n) is 10.4. The second kappa shape index (κ2) is 9.82. The van der Waals surface area contributed by atoms with Gasteiger partial charge in [-0.3, -0.25) is 4.79 Å². The first kappa shape index (κ1) is 21.8. The van der Waals surface area contributed by atoms with Gasteiger partial charge in [-0.15, -0.1) is 0 Å². The first-order valence-corrected chi connectivity index (χ1v) is 10.4. The molecule has 2 aromatic heterocycles. The number of rotatable bonds is 8. The molecular formula is C24H23N5O4. The summed E-state index contributed by atoms with van der Waals surface area (Å²) in [5, 5.41) is 11.5. The van der Waals surface area contributed by atoms with E-state index in [9.17, 15) is 9.59 Å². The first-order chi connectivity index (χ1) is 16.1. The van der Waals surface area contributed by atoms with Gasteiger partial charge in [-0.25, -0.2) is 14.2 Å². The Balaban J connectivity index is 1.40. The van der Waals surface area contributed by atoms with Crippen molar-refractivity contribution in [3.05, 3.63) is 90.0 Å². The van der Waals surface area contributed by atoms with Crippen molar-refractivity contribution in [2.24, 2.45) is 0 Å². The number of carbonyl (C=O) groups is 2. The molecule has 0 unspecified atom stereocenters. The Labute approximate surface area is 190 Å². The van der Waals surface area contributed by atoms with Crippen molar-refractivity contribution in [2.75, 3.05) is 13.7 Å². The van der Waals surface area contributed by atoms with Crippen LogP contribution in [0.4, 0.5) is 0 Å². The van der Waals surface area contributed by atoms with Gasteiger partial charge in [0.2, 0.25) is 0 Å². The van der Waals surface area contributed by atoms with Gasteiger partial charge in [0.05, 0.1) is 25.1 Å². The van der Waals surface area contributed by atoms with E-state index >= 15 is 0 Å². The van der Waals surface area contributed by atoms with Gasteiger partial charge in [-0.1, -0.05) is 12.1 Å². The van der Waals surface area contributed by atoms with E-state index in [1.165, 1.54) is 0 Å². The number of aromatic nitrogens is 4. The van der Waals surface area contributed by atoms with Crippen molar-refractivity contribution in [1.29, 1.82) is 0 Å². The molecule has 0 atom stereocenters. The van der Waals surface area contributed by atoms with E-state index in [4.69, 9.17) is 9.47 Å². The number of carbonyl (C=O) groups excluding carboxylic acids is 2. The van der Waals surface area contributed by atoms with Crippen LogP contribution in [-0.2, 0) is 11.3 Å². The van der Waals surface area contributed by atoms with Crippen LogP contribution >= 0.6 is 0 Å². The minimum Gasteiger partial charge on any atom is -0.497 e. The lowest BCUT2D eigenvalue weighted by molar-refractivity contribution is 0.0518. The maximum atomic E-state index is 12.6. The Bertz CT molecular complexity index is 1260. The second-order valence-electron chi connectivity index (χ2n) is 7.06. The Morgan fingerprint density at radius 2 is 1.61 bits per heavy atom. The maximum absolute atomic E-state index is 12.6. The molecule has 33 heavy (non-hydrogen) atoms. The molecule has 0 spiro atoms. The van der Waals surface area contributed by atoms with Crippen LogP contribution in [0.1, 0.15) is 33.5 Å². The van der Waals surface area contributed by atoms with Gasteiger partial charge in [-0.2, -0.15) is 10.2 Å². The normalized spacial score (nSPS) is 10.6. The molecule has 0 fully saturated rings. The van der Waals surface area contributed by atoms with E-state index in [-0.39, 0.29) is 11.6 Å². The number of amides is 1. The predicted molar refractivity (Wildman–Crippen MR) is 121 cm³/mol. The molecule has 2 aromatic carbocycles. The molecule has 168 valence electrons. The molecule has 1 amide bonds. The van der Waals surface area contributed by atoms with Crippen LogP contribution in [0.25, 0.3) is 11.4 Å². The average molecular weight is 445 g/mol. The highest BCUT2D eigenvalue weighted by Crippen LogP contribution is 2.15. The molecule has 0 aliphatic rings. The quantitative estimate of drug-likeness (QED) is 0.418. The van der Waals surface area contributed by atoms with Gasteiger partial charge in [0.25, 0.3) is 5.91 Å². The summed E-state index contributed by atoms with van der Waals surface area (Å²) in [6.07, 6.45) is 3.42. The van der Waals surface area contributed by atoms with Gasteiger partial charge in [-0.05, 0) is 61.0 Å². The number of ether oxygens (including phenoxy) is 2. The second-order valence-corrected chi connectivity index (χ2v) is 7.06. The zero-order valence-electron chi connectivity index (χ0n) is 18.3. The van der Waals surface area contributed by atoms with Gasteiger partial charge in [0, 0.05) is 18.9 Å². The number of esters is 1. The molecule has 0 aliphatic carbocycles. The van der Waals surface area contributed by atoms with Crippen LogP contribution in [0.2, 0.25) is 0 Å². The highest BCUT2D eigenvalue weighted by atomic mass is 16.5. The average Bonchev–Trinajstić information content (AvgIpc) is 3.54. The Kier molecular flexibility index (Phi) is 6.49. The van der Waals surface area contributed by atoms with Gasteiger partial charge < -0.3 is 14.8 Å². The van der Waals surface area contributed by atoms with Gasteiger partial charge >= 0.3 is 5.97 Å². The standard InChI is InChI=1S/C24H23N5O4/c1-3-33-24(31)22-12-14-29(27-22)19-6-4-5-17(15-19)16-25-23(30)21-11-13-28(26-21)18-7-9-20(32-2)10-8-18/h4-15H,3,16H2,1-2H3,(H,25,30). The van der Waals surface area contributed by atoms with E-state index in [0.717, 1.165) is 22.7 Å². The lowest BCUT2D eigenvalue weighted by Crippen LogP contribution is -2.23. The summed E-state index contributed by atoms with van der Waals surface area (Å²) in [6, 6.07) is 18.2. The predicted octanol–water partition coefficient (Wildman–Crippen LogP) is 3.17. The number of methoxy groups -OCH3 is 1. The summed E-state index contributed by atoms with van der Waals surface area (Å²) in [4.78, 5) is 24.4. The van der Waals surface area contributed by atoms with Crippen LogP contribution < -0.4 is 10.1 Å². The Morgan fingerprint density at radius 1 is 0.909 bits per heavy atom. The molecule has 0 saturated carbocycles. The number of nitrogens with one attached hydrogen (secondary N) is 1. The molecule has 9 heteroatoms. The minimum absolute atomic E-state index is 0.239. The summed E-state index contributed by atoms with van der Waals surface area (Å²) < 4.78 is 13.4. The lowest BCUT2D eigenvalue weighted by Gasteiger charge is -2.07. The van der Waals surface area contributed by atoms with Crippen molar-refractivity contribution >= 4 is 11.9 Å². The largest absolute Gasteiger partial charge is 0.497 e. The summed E-state index contributed by atoms with van der Waals surface area (Å²) in [5.74, 6) is 0.00317. The van der Waals surface area contributed by atoms with Gasteiger partial charge in [0.15, 0.2) is 11.4 Å². The zero-order valence-corrected chi connectivity index (χ0v) is 18.3. The fourth-order valence-electron chi connectivity index (χ4n) is 3.19. The lowest BCUT2D eigenvalue weighted by atomic mass is 10.2. The summed E-state index contributed by atoms with van der Waals surface area (Å²) in [6.45, 7) is 2.35. The third-order valence-corrected chi connectivity index (χ3v) is 4.86. The van der Waals surface area contributed by atoms with E-state index in [1.54, 1.807) is 47.9 Å². The molecule has 0 bridgehead atoms. The SMILES string of the molecule is CCOC(=O)c1ccn(-c2cccc(CNC(=O)c3ccn(-c4ccc(OC)cc4)n3)c2)n1. The number of hydrogen-bond acceptors (Lipinski definition) is 6. The van der Waals surface area contributed by atoms with Crippen LogP contribution in [0, 0.1) is 0 Å². The molecular weight excluding hydrogens is 422 g/mol. The van der Waals surface area contributed by atoms with Gasteiger partial charge in [0.1, 0.15) is 5.75 Å². The fraction of sp³-hybridized carbons (Fsp3) is 0.167. The van der Waals surface area contributed by atoms with Crippen LogP contribution in [0.5, 0.6) is 5.75 Å². The third kappa shape index (κ3) is 5.09. The molecule has 0 saturated heterocycles. The van der Waals surface area contributed by atoms with Crippen molar-refractivity contribution in [3.63, 3.8) is 0 Å². The highest BCUT2D eigenvalue weighted by molar-refractivity contribution is 5.92. The van der Waals surface area contributed by atoms with Crippen molar-refractivity contribution in [2.45, 2.75) is 13.5 Å². The molecule has 4 aromatic rings. The van der Waals surface area contributed by atoms with E-state index in [1.807, 2.05) is 48.5 Å².